The fraction of sp³-hybridized carbons (Fsp3) is 0.800. The van der Waals surface area contributed by atoms with Gasteiger partial charge in [0.25, 0.3) is 0 Å². The van der Waals surface area contributed by atoms with Crippen LogP contribution in [0, 0.1) is 0 Å². The summed E-state index contributed by atoms with van der Waals surface area (Å²) in [6.07, 6.45) is 0.0294. The summed E-state index contributed by atoms with van der Waals surface area (Å²) in [5.41, 5.74) is 3.89. The lowest BCUT2D eigenvalue weighted by molar-refractivity contribution is -0.155. The minimum atomic E-state index is -1.35. The van der Waals surface area contributed by atoms with Gasteiger partial charge in [-0.15, -0.1) is 0 Å². The number of nitrogens with two attached hydrogens (primary N) is 1. The molecule has 0 aromatic rings. The SMILES string of the molecule is N[C@]1(C(=O)O)CC[C@@H]1O. The second-order valence-corrected chi connectivity index (χ2v) is 2.40. The Morgan fingerprint density at radius 3 is 2.33 bits per heavy atom. The first-order chi connectivity index (χ1) is 4.07. The summed E-state index contributed by atoms with van der Waals surface area (Å²) in [5, 5.41) is 17.2. The summed E-state index contributed by atoms with van der Waals surface area (Å²) in [5.74, 6) is -1.11. The van der Waals surface area contributed by atoms with E-state index in [4.69, 9.17) is 15.9 Å². The van der Waals surface area contributed by atoms with Gasteiger partial charge in [-0.3, -0.25) is 4.79 Å². The Kier molecular flexibility index (Phi) is 1.22. The molecule has 0 heterocycles. The van der Waals surface area contributed by atoms with Crippen LogP contribution in [0.3, 0.4) is 0 Å². The van der Waals surface area contributed by atoms with Gasteiger partial charge in [0, 0.05) is 0 Å². The van der Waals surface area contributed by atoms with Crippen molar-refractivity contribution >= 4 is 5.97 Å². The van der Waals surface area contributed by atoms with Crippen LogP contribution in [0.5, 0.6) is 0 Å². The number of carbonyl (C=O) groups is 1. The zero-order valence-electron chi connectivity index (χ0n) is 4.87. The monoisotopic (exact) mass is 131 g/mol. The lowest BCUT2D eigenvalue weighted by atomic mass is 9.75. The van der Waals surface area contributed by atoms with Gasteiger partial charge in [-0.1, -0.05) is 0 Å². The van der Waals surface area contributed by atoms with Crippen LogP contribution in [0.15, 0.2) is 0 Å². The van der Waals surface area contributed by atoms with Gasteiger partial charge in [-0.05, 0) is 12.8 Å². The second-order valence-electron chi connectivity index (χ2n) is 2.40. The van der Waals surface area contributed by atoms with Crippen molar-refractivity contribution in [2.45, 2.75) is 24.5 Å². The van der Waals surface area contributed by atoms with Gasteiger partial charge in [-0.25, -0.2) is 0 Å². The molecular formula is C5H9NO3. The number of aliphatic hydroxyl groups is 1. The van der Waals surface area contributed by atoms with Crippen LogP contribution < -0.4 is 5.73 Å². The highest BCUT2D eigenvalue weighted by Gasteiger charge is 2.49. The third-order valence-corrected chi connectivity index (χ3v) is 1.82. The Labute approximate surface area is 52.3 Å². The van der Waals surface area contributed by atoms with Crippen molar-refractivity contribution in [3.63, 3.8) is 0 Å². The topological polar surface area (TPSA) is 83.6 Å². The first-order valence-corrected chi connectivity index (χ1v) is 2.78. The van der Waals surface area contributed by atoms with Crippen molar-refractivity contribution in [1.29, 1.82) is 0 Å². The van der Waals surface area contributed by atoms with Crippen molar-refractivity contribution in [3.8, 4) is 0 Å². The molecule has 0 aromatic heterocycles. The zero-order chi connectivity index (χ0) is 7.07. The molecule has 2 atom stereocenters. The van der Waals surface area contributed by atoms with E-state index >= 15 is 0 Å². The molecule has 0 unspecified atom stereocenters. The quantitative estimate of drug-likeness (QED) is 0.423. The fourth-order valence-electron chi connectivity index (χ4n) is 0.834. The Hall–Kier alpha value is -0.610. The third-order valence-electron chi connectivity index (χ3n) is 1.82. The van der Waals surface area contributed by atoms with E-state index in [2.05, 4.69) is 0 Å². The van der Waals surface area contributed by atoms with Crippen LogP contribution in [-0.2, 0) is 4.79 Å². The molecule has 0 bridgehead atoms. The van der Waals surface area contributed by atoms with Crippen LogP contribution in [0.4, 0.5) is 0 Å². The minimum absolute atomic E-state index is 0.378. The maximum absolute atomic E-state index is 10.2. The Balaban J connectivity index is 2.64. The molecular weight excluding hydrogens is 122 g/mol. The third kappa shape index (κ3) is 0.710. The van der Waals surface area contributed by atoms with Crippen LogP contribution in [0.2, 0.25) is 0 Å². The molecule has 1 aliphatic rings. The maximum atomic E-state index is 10.2. The predicted molar refractivity (Wildman–Crippen MR) is 29.8 cm³/mol. The lowest BCUT2D eigenvalue weighted by Crippen LogP contribution is -2.64. The molecule has 4 heteroatoms. The van der Waals surface area contributed by atoms with E-state index in [-0.39, 0.29) is 0 Å². The van der Waals surface area contributed by atoms with Crippen LogP contribution in [0.1, 0.15) is 12.8 Å². The second kappa shape index (κ2) is 1.68. The molecule has 1 saturated carbocycles. The summed E-state index contributed by atoms with van der Waals surface area (Å²) in [6.45, 7) is 0. The van der Waals surface area contributed by atoms with E-state index in [1.165, 1.54) is 0 Å². The number of carboxylic acids is 1. The number of carboxylic acid groups (broad SMARTS) is 1. The van der Waals surface area contributed by atoms with E-state index < -0.39 is 17.6 Å². The minimum Gasteiger partial charge on any atom is -0.480 e. The molecule has 1 aliphatic carbocycles. The van der Waals surface area contributed by atoms with E-state index in [1.807, 2.05) is 0 Å². The first kappa shape index (κ1) is 6.51. The van der Waals surface area contributed by atoms with Gasteiger partial charge in [0.2, 0.25) is 0 Å². The molecule has 0 saturated heterocycles. The van der Waals surface area contributed by atoms with Gasteiger partial charge in [0.05, 0.1) is 6.10 Å². The number of aliphatic carboxylic acids is 1. The maximum Gasteiger partial charge on any atom is 0.326 e. The molecule has 1 fully saturated rings. The smallest absolute Gasteiger partial charge is 0.326 e. The number of rotatable bonds is 1. The molecule has 0 amide bonds. The van der Waals surface area contributed by atoms with Crippen LogP contribution in [0.25, 0.3) is 0 Å². The highest BCUT2D eigenvalue weighted by molar-refractivity contribution is 5.80. The van der Waals surface area contributed by atoms with Gasteiger partial charge >= 0.3 is 5.97 Å². The summed E-state index contributed by atoms with van der Waals surface area (Å²) in [4.78, 5) is 10.2. The highest BCUT2D eigenvalue weighted by Crippen LogP contribution is 2.29. The van der Waals surface area contributed by atoms with Crippen molar-refractivity contribution in [1.82, 2.24) is 0 Å². The van der Waals surface area contributed by atoms with Crippen molar-refractivity contribution < 1.29 is 15.0 Å². The molecule has 0 spiro atoms. The van der Waals surface area contributed by atoms with E-state index in [1.54, 1.807) is 0 Å². The Morgan fingerprint density at radius 1 is 1.78 bits per heavy atom. The number of hydrogen-bond acceptors (Lipinski definition) is 3. The lowest BCUT2D eigenvalue weighted by Gasteiger charge is -2.39. The number of aliphatic hydroxyl groups excluding tert-OH is 1. The van der Waals surface area contributed by atoms with Crippen molar-refractivity contribution in [2.75, 3.05) is 0 Å². The average molecular weight is 131 g/mol. The highest BCUT2D eigenvalue weighted by atomic mass is 16.4. The molecule has 0 aromatic carbocycles. The van der Waals surface area contributed by atoms with Gasteiger partial charge < -0.3 is 15.9 Å². The Morgan fingerprint density at radius 2 is 2.33 bits per heavy atom. The van der Waals surface area contributed by atoms with E-state index in [0.717, 1.165) is 0 Å². The van der Waals surface area contributed by atoms with Crippen LogP contribution in [-0.4, -0.2) is 27.8 Å². The molecule has 0 radical (unpaired) electrons. The first-order valence-electron chi connectivity index (χ1n) is 2.78. The largest absolute Gasteiger partial charge is 0.480 e. The molecule has 4 nitrogen and oxygen atoms in total. The normalized spacial score (nSPS) is 41.8. The van der Waals surface area contributed by atoms with Gasteiger partial charge in [0.15, 0.2) is 0 Å². The standard InChI is InChI=1S/C5H9NO3/c6-5(4(8)9)2-1-3(5)7/h3,7H,1-2,6H2,(H,8,9)/t3-,5+/m0/s1. The van der Waals surface area contributed by atoms with E-state index in [9.17, 15) is 4.79 Å². The molecule has 0 aliphatic heterocycles. The van der Waals surface area contributed by atoms with Crippen LogP contribution >= 0.6 is 0 Å². The Bertz CT molecular complexity index is 147. The van der Waals surface area contributed by atoms with Crippen molar-refractivity contribution in [3.05, 3.63) is 0 Å². The fourth-order valence-corrected chi connectivity index (χ4v) is 0.834. The zero-order valence-corrected chi connectivity index (χ0v) is 4.87. The number of hydrogen-bond donors (Lipinski definition) is 3. The molecule has 1 rings (SSSR count). The summed E-state index contributed by atoms with van der Waals surface area (Å²) in [6, 6.07) is 0. The van der Waals surface area contributed by atoms with Gasteiger partial charge in [-0.2, -0.15) is 0 Å². The molecule has 9 heavy (non-hydrogen) atoms. The average Bonchev–Trinajstić information content (AvgIpc) is 1.82. The summed E-state index contributed by atoms with van der Waals surface area (Å²) >= 11 is 0. The summed E-state index contributed by atoms with van der Waals surface area (Å²) in [7, 11) is 0. The molecule has 4 N–H and O–H groups in total. The van der Waals surface area contributed by atoms with Crippen molar-refractivity contribution in [2.24, 2.45) is 5.73 Å². The summed E-state index contributed by atoms with van der Waals surface area (Å²) < 4.78 is 0. The van der Waals surface area contributed by atoms with Gasteiger partial charge in [0.1, 0.15) is 5.54 Å². The molecule has 52 valence electrons. The van der Waals surface area contributed by atoms with E-state index in [0.29, 0.717) is 12.8 Å². The predicted octanol–water partition coefficient (Wildman–Crippen LogP) is -1.08.